The minimum Gasteiger partial charge on any atom is -0.482 e. The Morgan fingerprint density at radius 1 is 0.929 bits per heavy atom. The lowest BCUT2D eigenvalue weighted by atomic mass is 9.61. The van der Waals surface area contributed by atoms with Crippen LogP contribution in [0, 0.1) is 17.6 Å². The van der Waals surface area contributed by atoms with Gasteiger partial charge in [-0.25, -0.2) is 8.78 Å². The molecule has 2 aliphatic heterocycles. The first-order chi connectivity index (χ1) is 20.5. The number of fused-ring (bicyclic) bond motifs is 3. The van der Waals surface area contributed by atoms with Crippen molar-refractivity contribution >= 4 is 17.7 Å². The van der Waals surface area contributed by atoms with Crippen molar-refractivity contribution < 1.29 is 18.3 Å². The van der Waals surface area contributed by atoms with E-state index >= 15 is 4.39 Å². The number of aromatic nitrogens is 1. The van der Waals surface area contributed by atoms with Crippen molar-refractivity contribution in [2.24, 2.45) is 5.92 Å². The minimum atomic E-state index is -0.892. The second-order valence-electron chi connectivity index (χ2n) is 11.0. The second-order valence-corrected chi connectivity index (χ2v) is 12.1. The molecule has 9 heteroatoms. The summed E-state index contributed by atoms with van der Waals surface area (Å²) in [6.45, 7) is 0.321. The first-order valence-corrected chi connectivity index (χ1v) is 14.9. The van der Waals surface area contributed by atoms with Gasteiger partial charge >= 0.3 is 0 Å². The Kier molecular flexibility index (Phi) is 5.79. The molecule has 5 aliphatic rings. The average Bonchev–Trinajstić information content (AvgIpc) is 3.12. The number of ether oxygens (including phenoxy) is 1. The van der Waals surface area contributed by atoms with Gasteiger partial charge in [-0.05, 0) is 35.2 Å². The van der Waals surface area contributed by atoms with Gasteiger partial charge in [0.05, 0.1) is 12.1 Å². The highest BCUT2D eigenvalue weighted by molar-refractivity contribution is 7.98. The van der Waals surface area contributed by atoms with Gasteiger partial charge in [-0.1, -0.05) is 66.2 Å². The Morgan fingerprint density at radius 3 is 2.45 bits per heavy atom. The van der Waals surface area contributed by atoms with Gasteiger partial charge in [0, 0.05) is 34.4 Å². The van der Waals surface area contributed by atoms with Gasteiger partial charge in [0.15, 0.2) is 23.1 Å². The van der Waals surface area contributed by atoms with Gasteiger partial charge < -0.3 is 9.64 Å². The normalized spacial score (nSPS) is 21.7. The fourth-order valence-electron chi connectivity index (χ4n) is 6.48. The largest absolute Gasteiger partial charge is 0.482 e. The Labute approximate surface area is 244 Å². The SMILES string of the molecule is O=C1c2c(OCc3ccccc3)c(=O)ccn2N([C@@H]2c3ccccc3SCc3c2ccc(F)c3F)CN1C1C2=CC1C2. The van der Waals surface area contributed by atoms with Gasteiger partial charge in [-0.3, -0.25) is 19.3 Å². The number of carbonyl (C=O) groups excluding carboxylic acids is 1. The van der Waals surface area contributed by atoms with Gasteiger partial charge in [-0.15, -0.1) is 11.8 Å². The molecule has 0 N–H and O–H groups in total. The minimum absolute atomic E-state index is 0.0233. The molecule has 2 unspecified atom stereocenters. The number of hydrogen-bond acceptors (Lipinski definition) is 5. The van der Waals surface area contributed by atoms with E-state index in [1.165, 1.54) is 29.5 Å². The molecule has 3 aromatic carbocycles. The van der Waals surface area contributed by atoms with Crippen LogP contribution in [0.1, 0.15) is 45.2 Å². The van der Waals surface area contributed by atoms with Gasteiger partial charge in [0.1, 0.15) is 13.3 Å². The van der Waals surface area contributed by atoms with Crippen LogP contribution in [0.3, 0.4) is 0 Å². The maximum atomic E-state index is 15.3. The molecule has 0 spiro atoms. The van der Waals surface area contributed by atoms with Crippen LogP contribution in [0.4, 0.5) is 8.78 Å². The Morgan fingerprint density at radius 2 is 1.69 bits per heavy atom. The van der Waals surface area contributed by atoms with E-state index < -0.39 is 23.1 Å². The zero-order valence-electron chi connectivity index (χ0n) is 22.4. The van der Waals surface area contributed by atoms with E-state index in [0.717, 1.165) is 22.4 Å². The second kappa shape index (κ2) is 9.59. The Hall–Kier alpha value is -4.37. The topological polar surface area (TPSA) is 54.8 Å². The predicted molar refractivity (Wildman–Crippen MR) is 155 cm³/mol. The van der Waals surface area contributed by atoms with Crippen LogP contribution in [-0.2, 0) is 12.4 Å². The number of benzene rings is 3. The molecule has 0 radical (unpaired) electrons. The highest BCUT2D eigenvalue weighted by atomic mass is 32.2. The predicted octanol–water partition coefficient (Wildman–Crippen LogP) is 5.78. The van der Waals surface area contributed by atoms with Crippen LogP contribution in [0.5, 0.6) is 5.75 Å². The fraction of sp³-hybridized carbons (Fsp3) is 0.212. The van der Waals surface area contributed by atoms with E-state index in [2.05, 4.69) is 6.08 Å². The molecule has 0 saturated heterocycles. The number of rotatable bonds is 5. The lowest BCUT2D eigenvalue weighted by Crippen LogP contribution is -2.64. The number of thioether (sulfide) groups is 1. The summed E-state index contributed by atoms with van der Waals surface area (Å²) in [7, 11) is 0. The standard InChI is InChI=1S/C33H25F2N3O3S/c34-25-11-10-22-24(28(25)35)17-42-27-9-5-4-8-23(27)30(22)38-18-36(29-20-14-21(29)15-20)33(40)31-32(26(39)12-13-37(31)38)41-16-19-6-2-1-3-7-19/h1-14,20,29-30H,15-18H2/t20?,29?,30-/m0/s1. The van der Waals surface area contributed by atoms with E-state index in [-0.39, 0.29) is 48.3 Å². The van der Waals surface area contributed by atoms with Crippen molar-refractivity contribution in [3.63, 3.8) is 0 Å². The number of pyridine rings is 1. The summed E-state index contributed by atoms with van der Waals surface area (Å²) >= 11 is 1.46. The molecule has 1 amide bonds. The van der Waals surface area contributed by atoms with Crippen molar-refractivity contribution in [3.05, 3.63) is 140 Å². The molecule has 2 bridgehead atoms. The van der Waals surface area contributed by atoms with E-state index in [1.54, 1.807) is 21.8 Å². The third kappa shape index (κ3) is 3.76. The van der Waals surface area contributed by atoms with Gasteiger partial charge in [0.25, 0.3) is 5.91 Å². The van der Waals surface area contributed by atoms with E-state index in [0.29, 0.717) is 11.1 Å². The first-order valence-electron chi connectivity index (χ1n) is 13.9. The molecule has 9 rings (SSSR count). The molecule has 1 saturated carbocycles. The zero-order chi connectivity index (χ0) is 28.5. The van der Waals surface area contributed by atoms with Gasteiger partial charge in [0.2, 0.25) is 5.43 Å². The summed E-state index contributed by atoms with van der Waals surface area (Å²) < 4.78 is 37.6. The molecule has 3 atom stereocenters. The number of nitrogens with zero attached hydrogens (tertiary/aromatic N) is 3. The zero-order valence-corrected chi connectivity index (χ0v) is 23.2. The average molecular weight is 582 g/mol. The summed E-state index contributed by atoms with van der Waals surface area (Å²) in [6, 6.07) is 20.9. The van der Waals surface area contributed by atoms with Gasteiger partial charge in [-0.2, -0.15) is 0 Å². The highest BCUT2D eigenvalue weighted by Crippen LogP contribution is 2.51. The lowest BCUT2D eigenvalue weighted by molar-refractivity contribution is 0.0443. The smallest absolute Gasteiger partial charge is 0.278 e. The highest BCUT2D eigenvalue weighted by Gasteiger charge is 2.52. The van der Waals surface area contributed by atoms with Crippen LogP contribution in [0.2, 0.25) is 0 Å². The molecular weight excluding hydrogens is 556 g/mol. The van der Waals surface area contributed by atoms with Crippen LogP contribution in [-0.4, -0.2) is 28.2 Å². The molecule has 4 aromatic rings. The molecule has 6 nitrogen and oxygen atoms in total. The summed E-state index contributed by atoms with van der Waals surface area (Å²) in [5.74, 6) is -1.52. The molecule has 3 aliphatic carbocycles. The molecular formula is C33H25F2N3O3S. The van der Waals surface area contributed by atoms with Crippen LogP contribution in [0.25, 0.3) is 0 Å². The molecule has 210 valence electrons. The quantitative estimate of drug-likeness (QED) is 0.280. The molecule has 3 heterocycles. The number of hydrogen-bond donors (Lipinski definition) is 0. The first kappa shape index (κ1) is 25.3. The molecule has 1 aromatic heterocycles. The van der Waals surface area contributed by atoms with Crippen LogP contribution >= 0.6 is 11.8 Å². The van der Waals surface area contributed by atoms with Crippen molar-refractivity contribution in [3.8, 4) is 5.75 Å². The van der Waals surface area contributed by atoms with Crippen LogP contribution in [0.15, 0.2) is 100 Å². The van der Waals surface area contributed by atoms with Crippen molar-refractivity contribution in [1.82, 2.24) is 9.58 Å². The summed E-state index contributed by atoms with van der Waals surface area (Å²) in [6.07, 6.45) is 4.72. The molecule has 42 heavy (non-hydrogen) atoms. The van der Waals surface area contributed by atoms with E-state index in [9.17, 15) is 14.0 Å². The molecule has 1 fully saturated rings. The monoisotopic (exact) mass is 581 g/mol. The lowest BCUT2D eigenvalue weighted by Gasteiger charge is -2.56. The number of carbonyl (C=O) groups is 1. The Balaban J connectivity index is 1.32. The Bertz CT molecular complexity index is 1860. The fourth-order valence-corrected chi connectivity index (χ4v) is 7.60. The van der Waals surface area contributed by atoms with Crippen molar-refractivity contribution in [2.75, 3.05) is 11.7 Å². The van der Waals surface area contributed by atoms with Crippen molar-refractivity contribution in [1.29, 1.82) is 0 Å². The third-order valence-electron chi connectivity index (χ3n) is 8.73. The van der Waals surface area contributed by atoms with Crippen LogP contribution < -0.4 is 15.2 Å². The summed E-state index contributed by atoms with van der Waals surface area (Å²) in [5, 5.41) is 1.98. The number of amides is 1. The number of halogens is 2. The third-order valence-corrected chi connectivity index (χ3v) is 9.85. The van der Waals surface area contributed by atoms with E-state index in [4.69, 9.17) is 4.74 Å². The van der Waals surface area contributed by atoms with E-state index in [1.807, 2.05) is 59.6 Å². The maximum absolute atomic E-state index is 15.3. The van der Waals surface area contributed by atoms with Crippen molar-refractivity contribution in [2.45, 2.75) is 35.8 Å². The summed E-state index contributed by atoms with van der Waals surface area (Å²) in [4.78, 5) is 30.2. The maximum Gasteiger partial charge on any atom is 0.278 e. The summed E-state index contributed by atoms with van der Waals surface area (Å²) in [5.41, 5.74) is 3.64.